The Labute approximate surface area is 262 Å². The number of alkyl halides is 4. The highest BCUT2D eigenvalue weighted by Gasteiger charge is 2.39. The Bertz CT molecular complexity index is 1590. The first-order chi connectivity index (χ1) is 21.8. The van der Waals surface area contributed by atoms with Crippen LogP contribution in [0.5, 0.6) is 17.4 Å². The van der Waals surface area contributed by atoms with E-state index in [0.717, 1.165) is 25.2 Å². The highest BCUT2D eigenvalue weighted by atomic mass is 19.4. The molecule has 2 heterocycles. The van der Waals surface area contributed by atoms with E-state index in [-0.39, 0.29) is 40.9 Å². The van der Waals surface area contributed by atoms with Crippen LogP contribution in [0.4, 0.5) is 33.6 Å². The number of aromatic nitrogens is 2. The number of hydrogen-bond donors (Lipinski definition) is 2. The van der Waals surface area contributed by atoms with Crippen LogP contribution in [0, 0.1) is 5.82 Å². The largest absolute Gasteiger partial charge is 0.495 e. The number of rotatable bonds is 13. The smallest absolute Gasteiger partial charge is 0.423 e. The van der Waals surface area contributed by atoms with Crippen molar-refractivity contribution in [3.05, 3.63) is 64.6 Å². The molecule has 248 valence electrons. The van der Waals surface area contributed by atoms with Crippen molar-refractivity contribution in [2.24, 2.45) is 0 Å². The van der Waals surface area contributed by atoms with Gasteiger partial charge in [-0.05, 0) is 58.1 Å². The molecule has 0 spiro atoms. The summed E-state index contributed by atoms with van der Waals surface area (Å²) >= 11 is 0. The zero-order valence-electron chi connectivity index (χ0n) is 26.0. The molecule has 1 unspecified atom stereocenters. The molecule has 0 fully saturated rings. The summed E-state index contributed by atoms with van der Waals surface area (Å²) in [6.07, 6.45) is -3.82. The van der Waals surface area contributed by atoms with E-state index in [9.17, 15) is 27.2 Å². The summed E-state index contributed by atoms with van der Waals surface area (Å²) in [4.78, 5) is 36.8. The summed E-state index contributed by atoms with van der Waals surface area (Å²) in [5.41, 5.74) is -1.25. The Morgan fingerprint density at radius 2 is 1.96 bits per heavy atom. The fourth-order valence-corrected chi connectivity index (χ4v) is 4.95. The fraction of sp³-hybridized carbons (Fsp3) is 0.419. The van der Waals surface area contributed by atoms with Gasteiger partial charge in [0.25, 0.3) is 11.8 Å². The van der Waals surface area contributed by atoms with Gasteiger partial charge >= 0.3 is 6.18 Å². The molecule has 1 aliphatic rings. The molecule has 1 aliphatic heterocycles. The number of benzene rings is 2. The lowest BCUT2D eigenvalue weighted by atomic mass is 10.1. The molecule has 2 atom stereocenters. The first-order valence-corrected chi connectivity index (χ1v) is 14.5. The standard InChI is InChI=1S/C31H35F5N6O4/c1-6-41(4)12-10-17(2)38-27(43)20-14-25(45-5)23(15-22(20)33)39-30-37-16-21(31(34,35)36)28(40-30)46-24-9-7-8-19-18(3)42(13-11-32)29(44)26(19)24/h7-9,14-18H,6,10-13H2,1-5H3,(H,38,43)(H,37,39,40)/t17?,18-/m0/s1. The van der Waals surface area contributed by atoms with Gasteiger partial charge in [-0.1, -0.05) is 19.1 Å². The summed E-state index contributed by atoms with van der Waals surface area (Å²) in [7, 11) is 3.21. The molecule has 15 heteroatoms. The molecule has 0 saturated carbocycles. The summed E-state index contributed by atoms with van der Waals surface area (Å²) in [5.74, 6) is -3.75. The number of fused-ring (bicyclic) bond motifs is 1. The second-order valence-corrected chi connectivity index (χ2v) is 10.8. The molecule has 0 aliphatic carbocycles. The molecule has 2 amide bonds. The van der Waals surface area contributed by atoms with E-state index in [1.165, 1.54) is 24.1 Å². The van der Waals surface area contributed by atoms with Gasteiger partial charge in [0.2, 0.25) is 11.8 Å². The molecule has 0 radical (unpaired) electrons. The van der Waals surface area contributed by atoms with E-state index in [2.05, 4.69) is 25.5 Å². The highest BCUT2D eigenvalue weighted by molar-refractivity contribution is 6.02. The van der Waals surface area contributed by atoms with Gasteiger partial charge in [0.05, 0.1) is 30.0 Å². The van der Waals surface area contributed by atoms with Crippen molar-refractivity contribution in [1.82, 2.24) is 25.1 Å². The first kappa shape index (κ1) is 34.3. The van der Waals surface area contributed by atoms with E-state index < -0.39 is 53.9 Å². The van der Waals surface area contributed by atoms with Gasteiger partial charge in [0.1, 0.15) is 29.6 Å². The molecule has 10 nitrogen and oxygen atoms in total. The number of amides is 2. The third kappa shape index (κ3) is 7.46. The molecule has 2 aromatic carbocycles. The molecule has 0 bridgehead atoms. The van der Waals surface area contributed by atoms with E-state index in [1.807, 2.05) is 14.0 Å². The second kappa shape index (κ2) is 14.3. The minimum Gasteiger partial charge on any atom is -0.495 e. The van der Waals surface area contributed by atoms with Gasteiger partial charge < -0.3 is 29.9 Å². The Morgan fingerprint density at radius 1 is 1.22 bits per heavy atom. The van der Waals surface area contributed by atoms with E-state index >= 15 is 4.39 Å². The number of ether oxygens (including phenoxy) is 2. The minimum atomic E-state index is -4.94. The van der Waals surface area contributed by atoms with Crippen LogP contribution in [0.15, 0.2) is 36.5 Å². The van der Waals surface area contributed by atoms with Crippen LogP contribution < -0.4 is 20.1 Å². The van der Waals surface area contributed by atoms with Crippen LogP contribution >= 0.6 is 0 Å². The average Bonchev–Trinajstić information content (AvgIpc) is 3.25. The normalized spacial score (nSPS) is 15.2. The predicted octanol–water partition coefficient (Wildman–Crippen LogP) is 6.13. The van der Waals surface area contributed by atoms with Crippen LogP contribution in [0.25, 0.3) is 0 Å². The first-order valence-electron chi connectivity index (χ1n) is 14.5. The van der Waals surface area contributed by atoms with Gasteiger partial charge in [-0.25, -0.2) is 13.8 Å². The number of halogens is 5. The Balaban J connectivity index is 1.62. The van der Waals surface area contributed by atoms with Crippen molar-refractivity contribution in [2.75, 3.05) is 45.8 Å². The lowest BCUT2D eigenvalue weighted by Crippen LogP contribution is -2.35. The maximum atomic E-state index is 15.2. The predicted molar refractivity (Wildman–Crippen MR) is 160 cm³/mol. The summed E-state index contributed by atoms with van der Waals surface area (Å²) in [5, 5.41) is 5.36. The Hall–Kier alpha value is -4.53. The maximum absolute atomic E-state index is 15.2. The van der Waals surface area contributed by atoms with Gasteiger partial charge in [-0.2, -0.15) is 18.2 Å². The van der Waals surface area contributed by atoms with E-state index in [0.29, 0.717) is 18.2 Å². The van der Waals surface area contributed by atoms with Crippen LogP contribution in [0.1, 0.15) is 65.1 Å². The topological polar surface area (TPSA) is 109 Å². The molecule has 4 rings (SSSR count). The monoisotopic (exact) mass is 650 g/mol. The van der Waals surface area contributed by atoms with Crippen molar-refractivity contribution in [3.63, 3.8) is 0 Å². The van der Waals surface area contributed by atoms with Crippen LogP contribution in [0.3, 0.4) is 0 Å². The number of methoxy groups -OCH3 is 1. The molecule has 46 heavy (non-hydrogen) atoms. The van der Waals surface area contributed by atoms with Crippen molar-refractivity contribution in [3.8, 4) is 17.4 Å². The number of carbonyl (C=O) groups is 2. The number of hydrogen-bond acceptors (Lipinski definition) is 8. The molecule has 2 N–H and O–H groups in total. The molecular weight excluding hydrogens is 615 g/mol. The number of nitrogens with one attached hydrogen (secondary N) is 2. The zero-order valence-corrected chi connectivity index (χ0v) is 26.0. The van der Waals surface area contributed by atoms with E-state index in [4.69, 9.17) is 9.47 Å². The quantitative estimate of drug-likeness (QED) is 0.213. The number of nitrogens with zero attached hydrogens (tertiary/aromatic N) is 4. The van der Waals surface area contributed by atoms with Crippen LogP contribution in [-0.4, -0.2) is 78.1 Å². The van der Waals surface area contributed by atoms with Crippen molar-refractivity contribution < 1.29 is 41.0 Å². The van der Waals surface area contributed by atoms with Gasteiger partial charge in [-0.15, -0.1) is 0 Å². The Morgan fingerprint density at radius 3 is 2.61 bits per heavy atom. The summed E-state index contributed by atoms with van der Waals surface area (Å²) < 4.78 is 81.1. The van der Waals surface area contributed by atoms with Crippen LogP contribution in [-0.2, 0) is 6.18 Å². The number of anilines is 2. The second-order valence-electron chi connectivity index (χ2n) is 10.8. The van der Waals surface area contributed by atoms with Crippen molar-refractivity contribution in [1.29, 1.82) is 0 Å². The summed E-state index contributed by atoms with van der Waals surface area (Å²) in [6, 6.07) is 5.74. The third-order valence-corrected chi connectivity index (χ3v) is 7.68. The summed E-state index contributed by atoms with van der Waals surface area (Å²) in [6.45, 7) is 6.05. The molecule has 1 aromatic heterocycles. The van der Waals surface area contributed by atoms with Gasteiger partial charge in [0, 0.05) is 24.8 Å². The fourth-order valence-electron chi connectivity index (χ4n) is 4.95. The van der Waals surface area contributed by atoms with Gasteiger partial charge in [-0.3, -0.25) is 9.59 Å². The molecular formula is C31H35F5N6O4. The van der Waals surface area contributed by atoms with Gasteiger partial charge in [0.15, 0.2) is 0 Å². The lowest BCUT2D eigenvalue weighted by Gasteiger charge is -2.20. The lowest BCUT2D eigenvalue weighted by molar-refractivity contribution is -0.139. The number of carbonyl (C=O) groups excluding carboxylic acids is 2. The molecule has 0 saturated heterocycles. The highest BCUT2D eigenvalue weighted by Crippen LogP contribution is 2.42. The molecule has 3 aromatic rings. The Kier molecular flexibility index (Phi) is 10.7. The third-order valence-electron chi connectivity index (χ3n) is 7.68. The van der Waals surface area contributed by atoms with E-state index in [1.54, 1.807) is 19.9 Å². The minimum absolute atomic E-state index is 0.00555. The van der Waals surface area contributed by atoms with Crippen LogP contribution in [0.2, 0.25) is 0 Å². The SMILES string of the molecule is CCN(C)CCC(C)NC(=O)c1cc(OC)c(Nc2ncc(C(F)(F)F)c(Oc3cccc4c3C(=O)N(CCF)[C@H]4C)n2)cc1F. The maximum Gasteiger partial charge on any atom is 0.423 e. The zero-order chi connectivity index (χ0) is 33.8. The van der Waals surface area contributed by atoms with Crippen molar-refractivity contribution in [2.45, 2.75) is 45.5 Å². The van der Waals surface area contributed by atoms with Crippen molar-refractivity contribution >= 4 is 23.5 Å². The average molecular weight is 651 g/mol.